The molecule has 0 aromatic heterocycles. The van der Waals surface area contributed by atoms with Crippen molar-refractivity contribution in [1.82, 2.24) is 0 Å². The molecule has 2 aliphatic rings. The molecular weight excluding hydrogens is 627 g/mol. The molecule has 0 fully saturated rings. The minimum Gasteiger partial charge on any atom is -0.0743 e. The Morgan fingerprint density at radius 1 is 0.381 bits per heavy atom. The van der Waals surface area contributed by atoms with E-state index in [1.54, 1.807) is 22.3 Å². The molecule has 0 aliphatic heterocycles. The molecule has 0 bridgehead atoms. The van der Waals surface area contributed by atoms with Crippen LogP contribution in [0.1, 0.15) is 49.9 Å². The summed E-state index contributed by atoms with van der Waals surface area (Å²) in [4.78, 5) is 0. The standard InChI is InChI=1S/2C19H17.C2H7Si.Sn/c2*1-14-13-15(2)19(17-11-7-4-8-12-17)18(14)16-9-5-3-6-10-16;1-3-2;/h2*3-13H,1-2H3;3H,1-2H3;. The SMILES string of the molecule is CC1=C(c2ccccc2)C(c2ccccc2)=C(C)[CH]1[Sn][CH]1C(C)=C(c2ccccc2)C(c2ccccc2)=C1C.C[SiH]C. The van der Waals surface area contributed by atoms with E-state index in [1.807, 2.05) is 0 Å². The van der Waals surface area contributed by atoms with Crippen LogP contribution in [0.25, 0.3) is 22.3 Å². The van der Waals surface area contributed by atoms with Crippen molar-refractivity contribution >= 4 is 53.0 Å². The van der Waals surface area contributed by atoms with Gasteiger partial charge in [0.15, 0.2) is 0 Å². The summed E-state index contributed by atoms with van der Waals surface area (Å²) in [5, 5.41) is 0. The molecule has 6 rings (SSSR count). The third-order valence-electron chi connectivity index (χ3n) is 8.39. The van der Waals surface area contributed by atoms with Gasteiger partial charge in [-0.2, -0.15) is 0 Å². The Balaban J connectivity index is 0.00000113. The van der Waals surface area contributed by atoms with Crippen molar-refractivity contribution < 1.29 is 0 Å². The summed E-state index contributed by atoms with van der Waals surface area (Å²) >= 11 is -0.984. The molecule has 209 valence electrons. The van der Waals surface area contributed by atoms with Crippen LogP contribution >= 0.6 is 0 Å². The van der Waals surface area contributed by atoms with E-state index < -0.39 is 21.1 Å². The Hall–Kier alpha value is -3.14. The largest absolute Gasteiger partial charge is 0.0743 e. The molecule has 0 unspecified atom stereocenters. The number of allylic oxidation sites excluding steroid dienone is 8. The van der Waals surface area contributed by atoms with Gasteiger partial charge in [-0.3, -0.25) is 0 Å². The van der Waals surface area contributed by atoms with Crippen LogP contribution in [0.3, 0.4) is 0 Å². The molecule has 3 radical (unpaired) electrons. The summed E-state index contributed by atoms with van der Waals surface area (Å²) in [6.45, 7) is 14.1. The topological polar surface area (TPSA) is 0 Å². The third-order valence-corrected chi connectivity index (χ3v) is 15.2. The Kier molecular flexibility index (Phi) is 10.0. The van der Waals surface area contributed by atoms with Crippen LogP contribution < -0.4 is 0 Å². The molecule has 4 aromatic carbocycles. The first-order valence-electron chi connectivity index (χ1n) is 15.0. The fourth-order valence-corrected chi connectivity index (χ4v) is 12.0. The van der Waals surface area contributed by atoms with E-state index in [0.717, 1.165) is 9.52 Å². The summed E-state index contributed by atoms with van der Waals surface area (Å²) in [5.41, 5.74) is 17.5. The maximum atomic E-state index is 2.41. The number of hydrogen-bond donors (Lipinski definition) is 0. The second-order valence-corrected chi connectivity index (χ2v) is 16.7. The molecule has 0 saturated heterocycles. The number of hydrogen-bond acceptors (Lipinski definition) is 0. The van der Waals surface area contributed by atoms with E-state index in [-0.39, 0.29) is 0 Å². The van der Waals surface area contributed by atoms with E-state index in [4.69, 9.17) is 0 Å². The molecule has 0 amide bonds. The molecule has 0 heterocycles. The molecule has 42 heavy (non-hydrogen) atoms. The van der Waals surface area contributed by atoms with Crippen molar-refractivity contribution in [3.63, 3.8) is 0 Å². The zero-order valence-electron chi connectivity index (χ0n) is 25.8. The fraction of sp³-hybridized carbons (Fsp3) is 0.200. The fourth-order valence-electron chi connectivity index (χ4n) is 6.59. The minimum atomic E-state index is -0.984. The van der Waals surface area contributed by atoms with Gasteiger partial charge in [-0.1, -0.05) is 13.1 Å². The average Bonchev–Trinajstić information content (AvgIpc) is 3.43. The van der Waals surface area contributed by atoms with Crippen LogP contribution in [0, 0.1) is 0 Å². The molecule has 2 heteroatoms. The van der Waals surface area contributed by atoms with Gasteiger partial charge in [0, 0.05) is 9.52 Å². The first-order valence-corrected chi connectivity index (χ1v) is 20.6. The van der Waals surface area contributed by atoms with Crippen LogP contribution in [-0.4, -0.2) is 30.7 Å². The summed E-state index contributed by atoms with van der Waals surface area (Å²) in [6.07, 6.45) is 0. The second-order valence-electron chi connectivity index (χ2n) is 11.3. The summed E-state index contributed by atoms with van der Waals surface area (Å²) in [6, 6.07) is 44.2. The van der Waals surface area contributed by atoms with E-state index in [1.165, 1.54) is 44.5 Å². The Morgan fingerprint density at radius 3 is 0.762 bits per heavy atom. The third kappa shape index (κ3) is 6.00. The van der Waals surface area contributed by atoms with Crippen LogP contribution in [-0.2, 0) is 0 Å². The quantitative estimate of drug-likeness (QED) is 0.180. The van der Waals surface area contributed by atoms with Crippen LogP contribution in [0.2, 0.25) is 21.0 Å². The van der Waals surface area contributed by atoms with E-state index in [2.05, 4.69) is 162 Å². The zero-order chi connectivity index (χ0) is 29.6. The Labute approximate surface area is 266 Å². The predicted octanol–water partition coefficient (Wildman–Crippen LogP) is 10.7. The van der Waals surface area contributed by atoms with Crippen LogP contribution in [0.5, 0.6) is 0 Å². The minimum absolute atomic E-state index is 0.570. The van der Waals surface area contributed by atoms with Gasteiger partial charge in [0.2, 0.25) is 0 Å². The zero-order valence-corrected chi connectivity index (χ0v) is 29.8. The van der Waals surface area contributed by atoms with Crippen LogP contribution in [0.15, 0.2) is 144 Å². The average molecular weight is 669 g/mol. The molecule has 4 aromatic rings. The Morgan fingerprint density at radius 2 is 0.571 bits per heavy atom. The van der Waals surface area contributed by atoms with Gasteiger partial charge >= 0.3 is 245 Å². The molecule has 2 aliphatic carbocycles. The maximum Gasteiger partial charge on any atom is 0.0213 e. The maximum absolute atomic E-state index is 2.41. The summed E-state index contributed by atoms with van der Waals surface area (Å²) < 4.78 is 1.14. The van der Waals surface area contributed by atoms with Crippen molar-refractivity contribution in [3.05, 3.63) is 166 Å². The molecule has 0 atom stereocenters. The van der Waals surface area contributed by atoms with Gasteiger partial charge in [0.05, 0.1) is 0 Å². The van der Waals surface area contributed by atoms with Crippen molar-refractivity contribution in [1.29, 1.82) is 0 Å². The van der Waals surface area contributed by atoms with E-state index in [9.17, 15) is 0 Å². The first kappa shape index (κ1) is 30.3. The summed E-state index contributed by atoms with van der Waals surface area (Å²) in [5.74, 6) is 0. The monoisotopic (exact) mass is 669 g/mol. The molecule has 0 saturated carbocycles. The molecular formula is C40H41SiSn. The molecule has 0 nitrogen and oxygen atoms in total. The normalized spacial score (nSPS) is 16.0. The molecule has 0 N–H and O–H groups in total. The van der Waals surface area contributed by atoms with Gasteiger partial charge in [-0.05, 0) is 0 Å². The van der Waals surface area contributed by atoms with Gasteiger partial charge in [-0.25, -0.2) is 0 Å². The predicted molar refractivity (Wildman–Crippen MR) is 188 cm³/mol. The number of benzene rings is 4. The van der Waals surface area contributed by atoms with Gasteiger partial charge in [-0.15, -0.1) is 0 Å². The van der Waals surface area contributed by atoms with Gasteiger partial charge in [0.1, 0.15) is 0 Å². The van der Waals surface area contributed by atoms with Crippen molar-refractivity contribution in [2.75, 3.05) is 0 Å². The van der Waals surface area contributed by atoms with Crippen LogP contribution in [0.4, 0.5) is 0 Å². The van der Waals surface area contributed by atoms with Crippen molar-refractivity contribution in [2.45, 2.75) is 48.7 Å². The number of rotatable bonds is 6. The second kappa shape index (κ2) is 13.9. The smallest absolute Gasteiger partial charge is 0.0213 e. The van der Waals surface area contributed by atoms with Crippen molar-refractivity contribution in [2.24, 2.45) is 0 Å². The Bertz CT molecular complexity index is 1390. The first-order chi connectivity index (χ1) is 20.5. The van der Waals surface area contributed by atoms with E-state index in [0.29, 0.717) is 7.87 Å². The molecule has 0 spiro atoms. The van der Waals surface area contributed by atoms with Gasteiger partial charge < -0.3 is 0 Å². The van der Waals surface area contributed by atoms with Gasteiger partial charge in [0.25, 0.3) is 0 Å². The summed E-state index contributed by atoms with van der Waals surface area (Å²) in [7, 11) is 0.750. The van der Waals surface area contributed by atoms with E-state index >= 15 is 0 Å². The van der Waals surface area contributed by atoms with Crippen molar-refractivity contribution in [3.8, 4) is 0 Å².